The molecule has 1 aromatic heterocycles. The number of esters is 1. The van der Waals surface area contributed by atoms with Gasteiger partial charge in [0.2, 0.25) is 6.41 Å². The molecule has 208 valence electrons. The number of ether oxygens (including phenoxy) is 1. The van der Waals surface area contributed by atoms with Crippen LogP contribution in [0.5, 0.6) is 0 Å². The van der Waals surface area contributed by atoms with Gasteiger partial charge in [0.05, 0.1) is 9.96 Å². The van der Waals surface area contributed by atoms with Crippen molar-refractivity contribution in [1.82, 2.24) is 15.2 Å². The summed E-state index contributed by atoms with van der Waals surface area (Å²) in [7, 11) is 0. The summed E-state index contributed by atoms with van der Waals surface area (Å²) in [6, 6.07) is 4.49. The quantitative estimate of drug-likeness (QED) is 0.0959. The van der Waals surface area contributed by atoms with Crippen LogP contribution in [-0.4, -0.2) is 68.0 Å². The van der Waals surface area contributed by atoms with Gasteiger partial charge >= 0.3 is 5.97 Å². The molecular formula is C23H19ClN6O8S2. The predicted octanol–water partition coefficient (Wildman–Crippen LogP) is 2.10. The Morgan fingerprint density at radius 2 is 2.05 bits per heavy atom. The summed E-state index contributed by atoms with van der Waals surface area (Å²) in [4.78, 5) is 70.8. The average Bonchev–Trinajstić information content (AvgIpc) is 3.66. The Hall–Kier alpha value is -4.02. The summed E-state index contributed by atoms with van der Waals surface area (Å²) < 4.78 is 5.32. The first-order valence-electron chi connectivity index (χ1n) is 11.7. The summed E-state index contributed by atoms with van der Waals surface area (Å²) in [5, 5.41) is 21.1. The highest BCUT2D eigenvalue weighted by Gasteiger charge is 2.54. The maximum atomic E-state index is 13.2. The van der Waals surface area contributed by atoms with Crippen molar-refractivity contribution in [3.05, 3.63) is 61.7 Å². The van der Waals surface area contributed by atoms with Crippen molar-refractivity contribution < 1.29 is 33.7 Å². The van der Waals surface area contributed by atoms with Crippen LogP contribution in [0.3, 0.4) is 0 Å². The van der Waals surface area contributed by atoms with Crippen LogP contribution >= 0.6 is 34.7 Å². The highest BCUT2D eigenvalue weighted by molar-refractivity contribution is 8.00. The number of fused-ring (bicyclic) bond motifs is 1. The monoisotopic (exact) mass is 606 g/mol. The number of β-lactam (4-membered cyclic amide) rings is 1. The molecule has 2 fully saturated rings. The van der Waals surface area contributed by atoms with Crippen molar-refractivity contribution in [2.24, 2.45) is 5.16 Å². The number of thioether (sulfide) groups is 1. The number of rotatable bonds is 11. The van der Waals surface area contributed by atoms with Crippen LogP contribution in [0.4, 0.5) is 10.8 Å². The van der Waals surface area contributed by atoms with Gasteiger partial charge in [-0.2, -0.15) is 0 Å². The SMILES string of the molecule is O=CNc1nc(C(=NOC2CC2)C(=O)N[C@@H]2C(=O)N3C(C(=O)OCc4ccc([N+](=O)[O-])cc4)=C(Cl)CS[C@@H]23)cs1. The zero-order valence-corrected chi connectivity index (χ0v) is 22.7. The molecule has 2 aromatic rings. The van der Waals surface area contributed by atoms with Gasteiger partial charge in [0.1, 0.15) is 35.5 Å². The number of amides is 3. The number of benzene rings is 1. The standard InChI is InChI=1S/C23H19ClN6O8S2/c24-14-8-39-21-17(27-19(32)16(28-38-13-5-6-13)15-9-40-23(26-15)25-10-31)20(33)29(21)18(14)22(34)37-7-11-1-3-12(4-2-11)30(35)36/h1-4,9-10,13,17,21H,5-8H2,(H,27,32)(H,25,26,31)/t17-,21+/m1/s1. The van der Waals surface area contributed by atoms with E-state index in [9.17, 15) is 29.3 Å². The number of anilines is 1. The van der Waals surface area contributed by atoms with E-state index in [2.05, 4.69) is 20.8 Å². The Balaban J connectivity index is 1.25. The van der Waals surface area contributed by atoms with E-state index in [1.165, 1.54) is 46.3 Å². The molecule has 0 bridgehead atoms. The predicted molar refractivity (Wildman–Crippen MR) is 143 cm³/mol. The number of nitrogens with one attached hydrogen (secondary N) is 2. The maximum absolute atomic E-state index is 13.2. The van der Waals surface area contributed by atoms with Gasteiger partial charge in [-0.05, 0) is 30.5 Å². The van der Waals surface area contributed by atoms with E-state index < -0.39 is 34.1 Å². The molecule has 0 unspecified atom stereocenters. The van der Waals surface area contributed by atoms with E-state index in [-0.39, 0.29) is 51.4 Å². The minimum Gasteiger partial charge on any atom is -0.456 e. The van der Waals surface area contributed by atoms with Crippen molar-refractivity contribution >= 4 is 75.4 Å². The van der Waals surface area contributed by atoms with E-state index in [0.717, 1.165) is 24.2 Å². The number of thiazole rings is 1. The molecule has 3 aliphatic rings. The molecule has 2 aliphatic heterocycles. The Labute approximate surface area is 238 Å². The van der Waals surface area contributed by atoms with Crippen LogP contribution in [0.25, 0.3) is 0 Å². The molecule has 1 saturated heterocycles. The van der Waals surface area contributed by atoms with Crippen LogP contribution < -0.4 is 10.6 Å². The lowest BCUT2D eigenvalue weighted by Gasteiger charge is -2.49. The molecule has 17 heteroatoms. The fourth-order valence-electron chi connectivity index (χ4n) is 3.72. The van der Waals surface area contributed by atoms with Crippen LogP contribution in [0, 0.1) is 10.1 Å². The number of hydrogen-bond donors (Lipinski definition) is 2. The van der Waals surface area contributed by atoms with Gasteiger partial charge in [0.25, 0.3) is 17.5 Å². The fraction of sp³-hybridized carbons (Fsp3) is 0.304. The number of halogens is 1. The Morgan fingerprint density at radius 1 is 1.30 bits per heavy atom. The Kier molecular flexibility index (Phi) is 7.99. The third kappa shape index (κ3) is 5.78. The van der Waals surface area contributed by atoms with Crippen molar-refractivity contribution in [1.29, 1.82) is 0 Å². The summed E-state index contributed by atoms with van der Waals surface area (Å²) in [5.74, 6) is -1.94. The molecule has 1 saturated carbocycles. The van der Waals surface area contributed by atoms with Gasteiger partial charge in [0.15, 0.2) is 10.8 Å². The number of nitrogens with zero attached hydrogens (tertiary/aromatic N) is 4. The number of nitro benzene ring substituents is 1. The van der Waals surface area contributed by atoms with Crippen LogP contribution in [0.15, 0.2) is 45.5 Å². The van der Waals surface area contributed by atoms with E-state index in [1.54, 1.807) is 0 Å². The third-order valence-electron chi connectivity index (χ3n) is 5.88. The van der Waals surface area contributed by atoms with Crippen molar-refractivity contribution in [3.8, 4) is 0 Å². The lowest BCUT2D eigenvalue weighted by molar-refractivity contribution is -0.384. The molecule has 5 rings (SSSR count). The zero-order chi connectivity index (χ0) is 28.4. The number of non-ortho nitro benzene ring substituents is 1. The van der Waals surface area contributed by atoms with Crippen molar-refractivity contribution in [3.63, 3.8) is 0 Å². The first-order valence-corrected chi connectivity index (χ1v) is 14.0. The first-order chi connectivity index (χ1) is 19.3. The van der Waals surface area contributed by atoms with Gasteiger partial charge in [-0.1, -0.05) is 16.8 Å². The maximum Gasteiger partial charge on any atom is 0.356 e. The van der Waals surface area contributed by atoms with E-state index in [0.29, 0.717) is 12.0 Å². The molecule has 0 radical (unpaired) electrons. The number of carbonyl (C=O) groups is 4. The van der Waals surface area contributed by atoms with E-state index in [4.69, 9.17) is 21.2 Å². The molecule has 40 heavy (non-hydrogen) atoms. The number of nitro groups is 1. The van der Waals surface area contributed by atoms with E-state index in [1.807, 2.05) is 0 Å². The molecule has 0 spiro atoms. The second-order valence-electron chi connectivity index (χ2n) is 8.66. The van der Waals surface area contributed by atoms with Crippen molar-refractivity contribution in [2.45, 2.75) is 37.0 Å². The normalized spacial score (nSPS) is 20.3. The minimum atomic E-state index is -0.989. The second kappa shape index (κ2) is 11.6. The minimum absolute atomic E-state index is 0.101. The summed E-state index contributed by atoms with van der Waals surface area (Å²) in [6.07, 6.45) is 1.96. The van der Waals surface area contributed by atoms with Gasteiger partial charge in [0, 0.05) is 23.3 Å². The molecule has 3 heterocycles. The average molecular weight is 607 g/mol. The largest absolute Gasteiger partial charge is 0.456 e. The highest BCUT2D eigenvalue weighted by atomic mass is 35.5. The third-order valence-corrected chi connectivity index (χ3v) is 8.41. The zero-order valence-electron chi connectivity index (χ0n) is 20.3. The number of hydrogen-bond acceptors (Lipinski definition) is 12. The van der Waals surface area contributed by atoms with Gasteiger partial charge < -0.3 is 20.2 Å². The molecule has 1 aliphatic carbocycles. The molecule has 1 aromatic carbocycles. The summed E-state index contributed by atoms with van der Waals surface area (Å²) in [6.45, 7) is -0.195. The number of aromatic nitrogens is 1. The summed E-state index contributed by atoms with van der Waals surface area (Å²) in [5.41, 5.74) is 0.271. The second-order valence-corrected chi connectivity index (χ2v) is 11.1. The number of oxime groups is 1. The topological polar surface area (TPSA) is 182 Å². The van der Waals surface area contributed by atoms with Crippen LogP contribution in [0.1, 0.15) is 24.1 Å². The highest BCUT2D eigenvalue weighted by Crippen LogP contribution is 2.41. The molecule has 14 nitrogen and oxygen atoms in total. The Bertz CT molecular complexity index is 1440. The summed E-state index contributed by atoms with van der Waals surface area (Å²) >= 11 is 8.63. The van der Waals surface area contributed by atoms with E-state index >= 15 is 0 Å². The van der Waals surface area contributed by atoms with Crippen LogP contribution in [0.2, 0.25) is 0 Å². The van der Waals surface area contributed by atoms with Crippen molar-refractivity contribution in [2.75, 3.05) is 11.1 Å². The number of carbonyl (C=O) groups excluding carboxylic acids is 4. The molecular weight excluding hydrogens is 588 g/mol. The van der Waals surface area contributed by atoms with Crippen LogP contribution in [-0.2, 0) is 35.4 Å². The van der Waals surface area contributed by atoms with Gasteiger partial charge in [-0.15, -0.1) is 23.1 Å². The van der Waals surface area contributed by atoms with Gasteiger partial charge in [-0.3, -0.25) is 29.4 Å². The fourth-order valence-corrected chi connectivity index (χ4v) is 5.92. The van der Waals surface area contributed by atoms with Gasteiger partial charge in [-0.25, -0.2) is 9.78 Å². The molecule has 2 atom stereocenters. The first kappa shape index (κ1) is 27.5. The Morgan fingerprint density at radius 3 is 2.73 bits per heavy atom. The molecule has 3 amide bonds. The molecule has 2 N–H and O–H groups in total. The lowest BCUT2D eigenvalue weighted by Crippen LogP contribution is -2.71. The smallest absolute Gasteiger partial charge is 0.356 e. The lowest BCUT2D eigenvalue weighted by atomic mass is 10.0.